The molecule has 0 saturated heterocycles. The SMILES string of the molecule is CCN(C(=O)Nc1ccc(OC(F)(F)F)cc1)C1CCc2cc(SC(C)(C)C(=O)O)ccc2C1. The largest absolute Gasteiger partial charge is 0.573 e. The van der Waals surface area contributed by atoms with Gasteiger partial charge in [0.15, 0.2) is 0 Å². The molecule has 10 heteroatoms. The van der Waals surface area contributed by atoms with Crippen molar-refractivity contribution in [1.29, 1.82) is 0 Å². The monoisotopic (exact) mass is 496 g/mol. The number of aliphatic carboxylic acids is 1. The molecular weight excluding hydrogens is 469 g/mol. The zero-order chi connectivity index (χ0) is 25.1. The van der Waals surface area contributed by atoms with E-state index in [9.17, 15) is 27.9 Å². The molecule has 0 radical (unpaired) electrons. The highest BCUT2D eigenvalue weighted by atomic mass is 32.2. The number of fused-ring (bicyclic) bond motifs is 1. The lowest BCUT2D eigenvalue weighted by Gasteiger charge is -2.35. The Morgan fingerprint density at radius 2 is 1.82 bits per heavy atom. The molecular formula is C24H27F3N2O4S. The Labute approximate surface area is 200 Å². The van der Waals surface area contributed by atoms with Gasteiger partial charge in [-0.3, -0.25) is 4.79 Å². The molecule has 0 fully saturated rings. The van der Waals surface area contributed by atoms with Gasteiger partial charge in [-0.15, -0.1) is 24.9 Å². The summed E-state index contributed by atoms with van der Waals surface area (Å²) in [7, 11) is 0. The van der Waals surface area contributed by atoms with Crippen LogP contribution in [-0.4, -0.2) is 45.7 Å². The van der Waals surface area contributed by atoms with Crippen molar-refractivity contribution in [1.82, 2.24) is 4.90 Å². The minimum absolute atomic E-state index is 0.0284. The number of carbonyl (C=O) groups excluding carboxylic acids is 1. The van der Waals surface area contributed by atoms with Crippen molar-refractivity contribution in [2.75, 3.05) is 11.9 Å². The van der Waals surface area contributed by atoms with Gasteiger partial charge >= 0.3 is 18.4 Å². The van der Waals surface area contributed by atoms with Gasteiger partial charge in [0.2, 0.25) is 0 Å². The number of ether oxygens (including phenoxy) is 1. The van der Waals surface area contributed by atoms with Gasteiger partial charge in [-0.25, -0.2) is 4.79 Å². The van der Waals surface area contributed by atoms with E-state index in [4.69, 9.17) is 0 Å². The molecule has 6 nitrogen and oxygen atoms in total. The fourth-order valence-electron chi connectivity index (χ4n) is 3.88. The number of thioether (sulfide) groups is 1. The fourth-order valence-corrected chi connectivity index (χ4v) is 4.90. The van der Waals surface area contributed by atoms with E-state index in [2.05, 4.69) is 10.1 Å². The summed E-state index contributed by atoms with van der Waals surface area (Å²) in [5.74, 6) is -1.23. The van der Waals surface area contributed by atoms with Crippen LogP contribution in [0.25, 0.3) is 0 Å². The average Bonchev–Trinajstić information content (AvgIpc) is 2.74. The summed E-state index contributed by atoms with van der Waals surface area (Å²) in [6.07, 6.45) is -2.59. The van der Waals surface area contributed by atoms with E-state index in [1.807, 2.05) is 25.1 Å². The van der Waals surface area contributed by atoms with Gasteiger partial charge in [-0.1, -0.05) is 6.07 Å². The van der Waals surface area contributed by atoms with Crippen molar-refractivity contribution >= 4 is 29.4 Å². The third-order valence-electron chi connectivity index (χ3n) is 5.65. The van der Waals surface area contributed by atoms with Gasteiger partial charge in [0.05, 0.1) is 0 Å². The molecule has 1 atom stereocenters. The molecule has 2 amide bonds. The molecule has 1 aliphatic rings. The zero-order valence-electron chi connectivity index (χ0n) is 19.1. The van der Waals surface area contributed by atoms with Crippen LogP contribution in [0, 0.1) is 0 Å². The van der Waals surface area contributed by atoms with Crippen molar-refractivity contribution in [2.24, 2.45) is 0 Å². The van der Waals surface area contributed by atoms with Crippen LogP contribution in [-0.2, 0) is 17.6 Å². The molecule has 0 heterocycles. The summed E-state index contributed by atoms with van der Waals surface area (Å²) in [4.78, 5) is 26.9. The second kappa shape index (κ2) is 10.2. The molecule has 1 unspecified atom stereocenters. The zero-order valence-corrected chi connectivity index (χ0v) is 19.9. The van der Waals surface area contributed by atoms with Crippen molar-refractivity contribution in [3.05, 3.63) is 53.6 Å². The average molecular weight is 497 g/mol. The van der Waals surface area contributed by atoms with Crippen LogP contribution in [0.3, 0.4) is 0 Å². The second-order valence-corrected chi connectivity index (χ2v) is 10.2. The van der Waals surface area contributed by atoms with Gasteiger partial charge in [-0.05, 0) is 87.6 Å². The van der Waals surface area contributed by atoms with Gasteiger partial charge in [0.25, 0.3) is 0 Å². The third kappa shape index (κ3) is 6.59. The number of nitrogens with one attached hydrogen (secondary N) is 1. The molecule has 34 heavy (non-hydrogen) atoms. The Kier molecular flexibility index (Phi) is 7.70. The summed E-state index contributed by atoms with van der Waals surface area (Å²) >= 11 is 1.30. The van der Waals surface area contributed by atoms with Gasteiger partial charge in [0, 0.05) is 23.2 Å². The number of rotatable bonds is 7. The predicted octanol–water partition coefficient (Wildman–Crippen LogP) is 5.95. The number of nitrogens with zero attached hydrogens (tertiary/aromatic N) is 1. The first kappa shape index (κ1) is 25.7. The lowest BCUT2D eigenvalue weighted by Crippen LogP contribution is -2.45. The number of carboxylic acids is 1. The minimum Gasteiger partial charge on any atom is -0.480 e. The number of alkyl halides is 3. The van der Waals surface area contributed by atoms with Crippen LogP contribution < -0.4 is 10.1 Å². The quantitative estimate of drug-likeness (QED) is 0.463. The van der Waals surface area contributed by atoms with E-state index >= 15 is 0 Å². The Morgan fingerprint density at radius 1 is 1.15 bits per heavy atom. The molecule has 0 bridgehead atoms. The van der Waals surface area contributed by atoms with Gasteiger partial charge in [0.1, 0.15) is 10.5 Å². The first-order valence-electron chi connectivity index (χ1n) is 10.9. The number of carboxylic acid groups (broad SMARTS) is 1. The Bertz CT molecular complexity index is 1040. The molecule has 2 aromatic carbocycles. The molecule has 0 aromatic heterocycles. The number of aryl methyl sites for hydroxylation is 1. The van der Waals surface area contributed by atoms with E-state index < -0.39 is 17.1 Å². The molecule has 2 aromatic rings. The molecule has 3 rings (SSSR count). The van der Waals surface area contributed by atoms with Gasteiger partial charge < -0.3 is 20.1 Å². The normalized spacial score (nSPS) is 15.9. The number of halogens is 3. The highest BCUT2D eigenvalue weighted by molar-refractivity contribution is 8.01. The molecule has 2 N–H and O–H groups in total. The van der Waals surface area contributed by atoms with Crippen molar-refractivity contribution in [2.45, 2.75) is 62.1 Å². The maximum absolute atomic E-state index is 12.9. The van der Waals surface area contributed by atoms with Crippen LogP contribution in [0.5, 0.6) is 5.75 Å². The van der Waals surface area contributed by atoms with Crippen molar-refractivity contribution in [3.63, 3.8) is 0 Å². The number of amides is 2. The van der Waals surface area contributed by atoms with Crippen LogP contribution in [0.4, 0.5) is 23.7 Å². The van der Waals surface area contributed by atoms with Crippen LogP contribution in [0.15, 0.2) is 47.4 Å². The number of hydrogen-bond acceptors (Lipinski definition) is 4. The highest BCUT2D eigenvalue weighted by Crippen LogP contribution is 2.35. The van der Waals surface area contributed by atoms with Crippen LogP contribution in [0.1, 0.15) is 38.3 Å². The number of benzene rings is 2. The smallest absolute Gasteiger partial charge is 0.480 e. The lowest BCUT2D eigenvalue weighted by atomic mass is 9.87. The van der Waals surface area contributed by atoms with Crippen molar-refractivity contribution < 1.29 is 32.6 Å². The Morgan fingerprint density at radius 3 is 2.41 bits per heavy atom. The molecule has 1 aliphatic carbocycles. The standard InChI is InChI=1S/C24H27F3N2O4S/c1-4-29(22(32)28-17-7-10-19(11-8-17)33-24(25,26)27)18-9-5-16-14-20(12-6-15(16)13-18)34-23(2,3)21(30)31/h6-8,10-12,14,18H,4-5,9,13H2,1-3H3,(H,28,32)(H,30,31). The van der Waals surface area contributed by atoms with E-state index in [-0.39, 0.29) is 17.8 Å². The van der Waals surface area contributed by atoms with E-state index in [0.29, 0.717) is 18.7 Å². The molecule has 0 spiro atoms. The Balaban J connectivity index is 1.64. The maximum Gasteiger partial charge on any atom is 0.573 e. The molecule has 184 valence electrons. The van der Waals surface area contributed by atoms with Crippen LogP contribution in [0.2, 0.25) is 0 Å². The topological polar surface area (TPSA) is 78.9 Å². The third-order valence-corrected chi connectivity index (χ3v) is 6.82. The first-order valence-corrected chi connectivity index (χ1v) is 11.7. The van der Waals surface area contributed by atoms with E-state index in [1.54, 1.807) is 18.7 Å². The Hall–Kier alpha value is -2.88. The minimum atomic E-state index is -4.77. The number of urea groups is 1. The van der Waals surface area contributed by atoms with Crippen molar-refractivity contribution in [3.8, 4) is 5.75 Å². The number of anilines is 1. The summed E-state index contributed by atoms with van der Waals surface area (Å²) < 4.78 is 39.9. The van der Waals surface area contributed by atoms with E-state index in [0.717, 1.165) is 41.0 Å². The molecule has 0 saturated carbocycles. The van der Waals surface area contributed by atoms with Gasteiger partial charge in [-0.2, -0.15) is 0 Å². The lowest BCUT2D eigenvalue weighted by molar-refractivity contribution is -0.274. The number of carbonyl (C=O) groups is 2. The predicted molar refractivity (Wildman–Crippen MR) is 124 cm³/mol. The first-order chi connectivity index (χ1) is 15.9. The van der Waals surface area contributed by atoms with Crippen LogP contribution >= 0.6 is 11.8 Å². The second-order valence-electron chi connectivity index (χ2n) is 8.53. The summed E-state index contributed by atoms with van der Waals surface area (Å²) in [5.41, 5.74) is 2.64. The molecule has 0 aliphatic heterocycles. The van der Waals surface area contributed by atoms with E-state index in [1.165, 1.54) is 23.9 Å². The number of hydrogen-bond donors (Lipinski definition) is 2. The summed E-state index contributed by atoms with van der Waals surface area (Å²) in [6.45, 7) is 5.69. The maximum atomic E-state index is 12.9. The fraction of sp³-hybridized carbons (Fsp3) is 0.417. The highest BCUT2D eigenvalue weighted by Gasteiger charge is 2.32. The summed E-state index contributed by atoms with van der Waals surface area (Å²) in [5, 5.41) is 12.1. The summed E-state index contributed by atoms with van der Waals surface area (Å²) in [6, 6.07) is 10.6. The number of likely N-dealkylation sites (N-methyl/N-ethyl adjacent to an activating group) is 1.